The molecular formula is C12H8N2O2S2. The fourth-order valence-electron chi connectivity index (χ4n) is 1.50. The molecule has 0 N–H and O–H groups in total. The van der Waals surface area contributed by atoms with E-state index in [9.17, 15) is 9.81 Å². The standard InChI is InChI=1S/C12H8N2O2S2/c15-13-17-11-5-1-9(2-6-11)10-3-7-12(8-4-10)18-14-16/h1-8H. The molecule has 0 aliphatic carbocycles. The summed E-state index contributed by atoms with van der Waals surface area (Å²) in [5.74, 6) is 0. The van der Waals surface area contributed by atoms with Crippen molar-refractivity contribution in [2.75, 3.05) is 0 Å². The summed E-state index contributed by atoms with van der Waals surface area (Å²) in [5, 5.41) is 0. The Bertz CT molecular complexity index is 490. The summed E-state index contributed by atoms with van der Waals surface area (Å²) in [7, 11) is 0. The smallest absolute Gasteiger partial charge is 0.0570 e. The van der Waals surface area contributed by atoms with Gasteiger partial charge in [-0.2, -0.15) is 0 Å². The molecular weight excluding hydrogens is 268 g/mol. The van der Waals surface area contributed by atoms with Gasteiger partial charge in [-0.3, -0.25) is 0 Å². The maximum Gasteiger partial charge on any atom is 0.0570 e. The van der Waals surface area contributed by atoms with Gasteiger partial charge >= 0.3 is 0 Å². The Morgan fingerprint density at radius 3 is 1.22 bits per heavy atom. The molecule has 0 spiro atoms. The number of hydrogen-bond donors (Lipinski definition) is 0. The number of rotatable bonds is 5. The Labute approximate surface area is 112 Å². The summed E-state index contributed by atoms with van der Waals surface area (Å²) < 4.78 is 5.53. The predicted octanol–water partition coefficient (Wildman–Crippen LogP) is 4.90. The maximum absolute atomic E-state index is 10.1. The highest BCUT2D eigenvalue weighted by Gasteiger charge is 2.00. The number of hydrogen-bond acceptors (Lipinski definition) is 6. The van der Waals surface area contributed by atoms with Crippen LogP contribution in [0.3, 0.4) is 0 Å². The highest BCUT2D eigenvalue weighted by atomic mass is 32.2. The van der Waals surface area contributed by atoms with Crippen LogP contribution in [-0.4, -0.2) is 0 Å². The molecule has 0 aromatic heterocycles. The monoisotopic (exact) mass is 276 g/mol. The first-order chi connectivity index (χ1) is 8.83. The van der Waals surface area contributed by atoms with Crippen LogP contribution in [0, 0.1) is 9.81 Å². The second-order valence-corrected chi connectivity index (χ2v) is 4.99. The van der Waals surface area contributed by atoms with Gasteiger partial charge in [0.05, 0.1) is 23.9 Å². The Hall–Kier alpha value is -1.66. The van der Waals surface area contributed by atoms with E-state index in [1.165, 1.54) is 0 Å². The van der Waals surface area contributed by atoms with E-state index in [0.29, 0.717) is 0 Å². The van der Waals surface area contributed by atoms with Crippen molar-refractivity contribution in [3.05, 3.63) is 58.3 Å². The number of benzene rings is 2. The summed E-state index contributed by atoms with van der Waals surface area (Å²) in [6, 6.07) is 15.1. The van der Waals surface area contributed by atoms with Gasteiger partial charge in [0, 0.05) is 19.0 Å². The number of nitrogens with zero attached hydrogens (tertiary/aromatic N) is 2. The molecule has 0 amide bonds. The van der Waals surface area contributed by atoms with Gasteiger partial charge in [0.15, 0.2) is 0 Å². The number of nitroso groups, excluding NO2 is 2. The highest BCUT2D eigenvalue weighted by Crippen LogP contribution is 2.27. The van der Waals surface area contributed by atoms with Crippen LogP contribution < -0.4 is 0 Å². The van der Waals surface area contributed by atoms with Crippen LogP contribution in [0.2, 0.25) is 0 Å². The summed E-state index contributed by atoms with van der Waals surface area (Å²) in [6.07, 6.45) is 0. The third kappa shape index (κ3) is 3.18. The first-order valence-corrected chi connectivity index (χ1v) is 6.58. The molecule has 0 atom stereocenters. The van der Waals surface area contributed by atoms with E-state index in [2.05, 4.69) is 9.16 Å². The SMILES string of the molecule is O=NSc1ccc(-c2ccc(SN=O)cc2)cc1. The van der Waals surface area contributed by atoms with Crippen LogP contribution in [0.25, 0.3) is 11.1 Å². The highest BCUT2D eigenvalue weighted by molar-refractivity contribution is 7.98. The molecule has 0 unspecified atom stereocenters. The van der Waals surface area contributed by atoms with Crippen LogP contribution >= 0.6 is 23.9 Å². The van der Waals surface area contributed by atoms with E-state index in [1.807, 2.05) is 48.5 Å². The summed E-state index contributed by atoms with van der Waals surface area (Å²) >= 11 is 1.81. The summed E-state index contributed by atoms with van der Waals surface area (Å²) in [5.41, 5.74) is 2.08. The third-order valence-corrected chi connectivity index (χ3v) is 3.44. The lowest BCUT2D eigenvalue weighted by Gasteiger charge is -2.02. The Kier molecular flexibility index (Phi) is 4.49. The zero-order valence-corrected chi connectivity index (χ0v) is 10.8. The molecule has 0 radical (unpaired) electrons. The summed E-state index contributed by atoms with van der Waals surface area (Å²) in [6.45, 7) is 0. The largest absolute Gasteiger partial charge is 0.137 e. The molecule has 0 saturated carbocycles. The average Bonchev–Trinajstić information content (AvgIpc) is 2.41. The van der Waals surface area contributed by atoms with E-state index in [1.54, 1.807) is 0 Å². The van der Waals surface area contributed by atoms with Crippen LogP contribution in [0.5, 0.6) is 0 Å². The summed E-state index contributed by atoms with van der Waals surface area (Å²) in [4.78, 5) is 21.8. The Morgan fingerprint density at radius 2 is 0.944 bits per heavy atom. The molecule has 2 aromatic rings. The molecule has 0 fully saturated rings. The maximum atomic E-state index is 10.1. The second kappa shape index (κ2) is 6.32. The van der Waals surface area contributed by atoms with Crippen LogP contribution in [-0.2, 0) is 0 Å². The average molecular weight is 276 g/mol. The zero-order chi connectivity index (χ0) is 12.8. The van der Waals surface area contributed by atoms with Crippen LogP contribution in [0.15, 0.2) is 67.5 Å². The van der Waals surface area contributed by atoms with Gasteiger partial charge < -0.3 is 0 Å². The van der Waals surface area contributed by atoms with Gasteiger partial charge in [-0.25, -0.2) is 0 Å². The minimum absolute atomic E-state index is 0.811. The van der Waals surface area contributed by atoms with Gasteiger partial charge in [0.1, 0.15) is 0 Å². The predicted molar refractivity (Wildman–Crippen MR) is 75.2 cm³/mol. The van der Waals surface area contributed by atoms with Gasteiger partial charge in [0.2, 0.25) is 0 Å². The van der Waals surface area contributed by atoms with Gasteiger partial charge in [0.25, 0.3) is 0 Å². The van der Waals surface area contributed by atoms with Gasteiger partial charge in [-0.15, -0.1) is 9.81 Å². The quantitative estimate of drug-likeness (QED) is 0.575. The first-order valence-electron chi connectivity index (χ1n) is 5.03. The van der Waals surface area contributed by atoms with E-state index < -0.39 is 0 Å². The minimum atomic E-state index is 0.811. The van der Waals surface area contributed by atoms with Crippen molar-refractivity contribution in [1.82, 2.24) is 0 Å². The Balaban J connectivity index is 2.19. The molecule has 0 aliphatic rings. The van der Waals surface area contributed by atoms with Crippen molar-refractivity contribution in [2.24, 2.45) is 9.16 Å². The molecule has 0 saturated heterocycles. The molecule has 0 bridgehead atoms. The van der Waals surface area contributed by atoms with Crippen molar-refractivity contribution < 1.29 is 0 Å². The van der Waals surface area contributed by atoms with Crippen molar-refractivity contribution in [3.8, 4) is 11.1 Å². The fourth-order valence-corrected chi connectivity index (χ4v) is 2.19. The van der Waals surface area contributed by atoms with Crippen LogP contribution in [0.4, 0.5) is 0 Å². The zero-order valence-electron chi connectivity index (χ0n) is 9.15. The third-order valence-electron chi connectivity index (χ3n) is 2.33. The lowest BCUT2D eigenvalue weighted by Crippen LogP contribution is -1.78. The molecule has 18 heavy (non-hydrogen) atoms. The normalized spacial score (nSPS) is 10.0. The molecule has 2 aromatic carbocycles. The van der Waals surface area contributed by atoms with E-state index in [-0.39, 0.29) is 0 Å². The molecule has 0 aliphatic heterocycles. The van der Waals surface area contributed by atoms with E-state index in [0.717, 1.165) is 44.8 Å². The van der Waals surface area contributed by atoms with Crippen molar-refractivity contribution >= 4 is 23.9 Å². The topological polar surface area (TPSA) is 58.9 Å². The lowest BCUT2D eigenvalue weighted by atomic mass is 10.1. The van der Waals surface area contributed by atoms with E-state index in [4.69, 9.17) is 0 Å². The molecule has 90 valence electrons. The fraction of sp³-hybridized carbons (Fsp3) is 0. The molecule has 2 rings (SSSR count). The van der Waals surface area contributed by atoms with Crippen molar-refractivity contribution in [2.45, 2.75) is 9.79 Å². The lowest BCUT2D eigenvalue weighted by molar-refractivity contribution is 1.42. The van der Waals surface area contributed by atoms with Crippen molar-refractivity contribution in [1.29, 1.82) is 0 Å². The van der Waals surface area contributed by atoms with Gasteiger partial charge in [-0.1, -0.05) is 24.3 Å². The minimum Gasteiger partial charge on any atom is -0.137 e. The first kappa shape index (κ1) is 12.8. The van der Waals surface area contributed by atoms with Gasteiger partial charge in [-0.05, 0) is 35.4 Å². The van der Waals surface area contributed by atoms with E-state index >= 15 is 0 Å². The van der Waals surface area contributed by atoms with Crippen molar-refractivity contribution in [3.63, 3.8) is 0 Å². The Morgan fingerprint density at radius 1 is 0.611 bits per heavy atom. The molecule has 6 heteroatoms. The molecule has 0 heterocycles. The molecule has 4 nitrogen and oxygen atoms in total. The van der Waals surface area contributed by atoms with Crippen LogP contribution in [0.1, 0.15) is 0 Å². The second-order valence-electron chi connectivity index (χ2n) is 3.38.